The van der Waals surface area contributed by atoms with E-state index in [-0.39, 0.29) is 17.6 Å². The fraction of sp³-hybridized carbons (Fsp3) is 0.375. The van der Waals surface area contributed by atoms with Crippen LogP contribution in [-0.2, 0) is 11.3 Å². The van der Waals surface area contributed by atoms with Crippen molar-refractivity contribution in [1.82, 2.24) is 14.5 Å². The molecule has 0 saturated carbocycles. The van der Waals surface area contributed by atoms with Crippen LogP contribution in [0.3, 0.4) is 0 Å². The molecule has 3 aromatic rings. The van der Waals surface area contributed by atoms with Crippen LogP contribution in [-0.4, -0.2) is 46.1 Å². The summed E-state index contributed by atoms with van der Waals surface area (Å²) >= 11 is 1.45. The van der Waals surface area contributed by atoms with Gasteiger partial charge in [0.15, 0.2) is 5.16 Å². The van der Waals surface area contributed by atoms with Crippen LogP contribution in [0.4, 0.5) is 5.69 Å². The van der Waals surface area contributed by atoms with Gasteiger partial charge in [0.1, 0.15) is 0 Å². The van der Waals surface area contributed by atoms with Gasteiger partial charge in [-0.05, 0) is 42.8 Å². The van der Waals surface area contributed by atoms with Crippen LogP contribution in [0.15, 0.2) is 53.7 Å². The zero-order valence-corrected chi connectivity index (χ0v) is 19.2. The second kappa shape index (κ2) is 11.0. The number of aryl methyl sites for hydroxylation is 1. The molecule has 0 aliphatic carbocycles. The zero-order valence-electron chi connectivity index (χ0n) is 18.4. The molecule has 31 heavy (non-hydrogen) atoms. The number of aromatic nitrogens is 2. The van der Waals surface area contributed by atoms with Gasteiger partial charge in [0.05, 0.1) is 16.8 Å². The quantitative estimate of drug-likeness (QED) is 0.355. The summed E-state index contributed by atoms with van der Waals surface area (Å²) in [5.74, 6) is 0.115. The molecule has 1 aromatic heterocycles. The van der Waals surface area contributed by atoms with E-state index in [0.29, 0.717) is 11.3 Å². The number of fused-ring (bicyclic) bond motifs is 1. The summed E-state index contributed by atoms with van der Waals surface area (Å²) in [5, 5.41) is 3.77. The van der Waals surface area contributed by atoms with Gasteiger partial charge in [-0.25, -0.2) is 4.98 Å². The topological polar surface area (TPSA) is 67.2 Å². The number of thioether (sulfide) groups is 1. The van der Waals surface area contributed by atoms with E-state index in [2.05, 4.69) is 22.9 Å². The van der Waals surface area contributed by atoms with Crippen LogP contribution < -0.4 is 5.32 Å². The molecule has 0 atom stereocenters. The molecule has 2 amide bonds. The highest BCUT2D eigenvalue weighted by Crippen LogP contribution is 2.25. The molecule has 1 N–H and O–H groups in total. The first-order valence-corrected chi connectivity index (χ1v) is 11.7. The molecule has 0 bridgehead atoms. The monoisotopic (exact) mass is 438 g/mol. The average Bonchev–Trinajstić information content (AvgIpc) is 3.13. The minimum Gasteiger partial charge on any atom is -0.345 e. The van der Waals surface area contributed by atoms with Gasteiger partial charge in [0.25, 0.3) is 5.91 Å². The molecule has 0 radical (unpaired) electrons. The minimum atomic E-state index is -0.0960. The van der Waals surface area contributed by atoms with E-state index in [0.717, 1.165) is 29.2 Å². The van der Waals surface area contributed by atoms with E-state index in [1.54, 1.807) is 38.4 Å². The lowest BCUT2D eigenvalue weighted by atomic mass is 10.2. The van der Waals surface area contributed by atoms with Crippen molar-refractivity contribution in [2.75, 3.05) is 25.2 Å². The number of imidazole rings is 1. The van der Waals surface area contributed by atoms with Crippen molar-refractivity contribution >= 4 is 40.3 Å². The highest BCUT2D eigenvalue weighted by Gasteiger charge is 2.13. The predicted octanol–water partition coefficient (Wildman–Crippen LogP) is 5.05. The Bertz CT molecular complexity index is 1030. The summed E-state index contributed by atoms with van der Waals surface area (Å²) in [4.78, 5) is 30.7. The molecular weight excluding hydrogens is 408 g/mol. The molecule has 2 aromatic carbocycles. The standard InChI is InChI=1S/C24H30N4O2S/c1-4-5-6-9-16-28-21-11-8-7-10-20(21)26-24(28)31-17-22(29)25-19-14-12-18(13-15-19)23(30)27(2)3/h7-8,10-15H,4-6,9,16-17H2,1-3H3,(H,25,29). The van der Waals surface area contributed by atoms with Crippen molar-refractivity contribution in [3.63, 3.8) is 0 Å². The number of amides is 2. The molecular formula is C24H30N4O2S. The third-order valence-electron chi connectivity index (χ3n) is 5.01. The molecule has 0 unspecified atom stereocenters. The van der Waals surface area contributed by atoms with Crippen LogP contribution in [0.5, 0.6) is 0 Å². The maximum absolute atomic E-state index is 12.5. The number of hydrogen-bond donors (Lipinski definition) is 1. The van der Waals surface area contributed by atoms with Gasteiger partial charge >= 0.3 is 0 Å². The molecule has 3 rings (SSSR count). The Labute approximate surface area is 188 Å². The Morgan fingerprint density at radius 2 is 1.77 bits per heavy atom. The van der Waals surface area contributed by atoms with E-state index in [9.17, 15) is 9.59 Å². The van der Waals surface area contributed by atoms with Crippen LogP contribution in [0, 0.1) is 0 Å². The number of anilines is 1. The van der Waals surface area contributed by atoms with E-state index >= 15 is 0 Å². The molecule has 0 aliphatic rings. The maximum Gasteiger partial charge on any atom is 0.253 e. The van der Waals surface area contributed by atoms with Crippen LogP contribution >= 0.6 is 11.8 Å². The molecule has 0 saturated heterocycles. The highest BCUT2D eigenvalue weighted by molar-refractivity contribution is 7.99. The highest BCUT2D eigenvalue weighted by atomic mass is 32.2. The number of carbonyl (C=O) groups excluding carboxylic acids is 2. The number of unbranched alkanes of at least 4 members (excludes halogenated alkanes) is 3. The fourth-order valence-corrected chi connectivity index (χ4v) is 4.20. The Hall–Kier alpha value is -2.80. The number of carbonyl (C=O) groups is 2. The summed E-state index contributed by atoms with van der Waals surface area (Å²) in [7, 11) is 3.43. The van der Waals surface area contributed by atoms with Gasteiger partial charge in [0, 0.05) is 31.9 Å². The summed E-state index contributed by atoms with van der Waals surface area (Å²) in [6.45, 7) is 3.12. The summed E-state index contributed by atoms with van der Waals surface area (Å²) < 4.78 is 2.23. The fourth-order valence-electron chi connectivity index (χ4n) is 3.36. The lowest BCUT2D eigenvalue weighted by molar-refractivity contribution is -0.113. The first-order chi connectivity index (χ1) is 15.0. The van der Waals surface area contributed by atoms with Crippen LogP contribution in [0.25, 0.3) is 11.0 Å². The second-order valence-electron chi connectivity index (χ2n) is 7.71. The van der Waals surface area contributed by atoms with Crippen molar-refractivity contribution in [1.29, 1.82) is 0 Å². The van der Waals surface area contributed by atoms with Gasteiger partial charge in [-0.3, -0.25) is 9.59 Å². The molecule has 164 valence electrons. The van der Waals surface area contributed by atoms with Crippen LogP contribution in [0.1, 0.15) is 43.0 Å². The number of para-hydroxylation sites is 2. The number of benzene rings is 2. The van der Waals surface area contributed by atoms with Crippen LogP contribution in [0.2, 0.25) is 0 Å². The van der Waals surface area contributed by atoms with Crippen molar-refractivity contribution in [2.24, 2.45) is 0 Å². The Morgan fingerprint density at radius 1 is 1.03 bits per heavy atom. The lowest BCUT2D eigenvalue weighted by Gasteiger charge is -2.11. The summed E-state index contributed by atoms with van der Waals surface area (Å²) in [5.41, 5.74) is 3.34. The average molecular weight is 439 g/mol. The number of nitrogens with zero attached hydrogens (tertiary/aromatic N) is 3. The van der Waals surface area contributed by atoms with Crippen molar-refractivity contribution in [3.8, 4) is 0 Å². The molecule has 0 fully saturated rings. The normalized spacial score (nSPS) is 10.9. The second-order valence-corrected chi connectivity index (χ2v) is 8.65. The number of hydrogen-bond acceptors (Lipinski definition) is 4. The first kappa shape index (κ1) is 22.9. The molecule has 0 spiro atoms. The summed E-state index contributed by atoms with van der Waals surface area (Å²) in [6.07, 6.45) is 4.74. The van der Waals surface area contributed by atoms with E-state index in [1.165, 1.54) is 35.9 Å². The molecule has 6 nitrogen and oxygen atoms in total. The Balaban J connectivity index is 1.62. The minimum absolute atomic E-state index is 0.0636. The van der Waals surface area contributed by atoms with Crippen molar-refractivity contribution in [2.45, 2.75) is 44.3 Å². The zero-order chi connectivity index (χ0) is 22.2. The Kier molecular flexibility index (Phi) is 8.12. The van der Waals surface area contributed by atoms with Gasteiger partial charge in [0.2, 0.25) is 5.91 Å². The van der Waals surface area contributed by atoms with E-state index in [1.807, 2.05) is 18.2 Å². The predicted molar refractivity (Wildman–Crippen MR) is 128 cm³/mol. The van der Waals surface area contributed by atoms with Gasteiger partial charge in [-0.2, -0.15) is 0 Å². The van der Waals surface area contributed by atoms with Gasteiger partial charge < -0.3 is 14.8 Å². The maximum atomic E-state index is 12.5. The molecule has 1 heterocycles. The van der Waals surface area contributed by atoms with Crippen molar-refractivity contribution in [3.05, 3.63) is 54.1 Å². The largest absolute Gasteiger partial charge is 0.345 e. The number of rotatable bonds is 10. The first-order valence-electron chi connectivity index (χ1n) is 10.7. The molecule has 0 aliphatic heterocycles. The van der Waals surface area contributed by atoms with Crippen molar-refractivity contribution < 1.29 is 9.59 Å². The molecule has 7 heteroatoms. The third kappa shape index (κ3) is 6.10. The number of nitrogens with one attached hydrogen (secondary N) is 1. The van der Waals surface area contributed by atoms with E-state index in [4.69, 9.17) is 4.98 Å². The Morgan fingerprint density at radius 3 is 2.48 bits per heavy atom. The van der Waals surface area contributed by atoms with E-state index < -0.39 is 0 Å². The summed E-state index contributed by atoms with van der Waals surface area (Å²) in [6, 6.07) is 15.1. The third-order valence-corrected chi connectivity index (χ3v) is 5.99. The van der Waals surface area contributed by atoms with Gasteiger partial charge in [-0.15, -0.1) is 0 Å². The van der Waals surface area contributed by atoms with Gasteiger partial charge in [-0.1, -0.05) is 50.1 Å². The SMILES string of the molecule is CCCCCCn1c(SCC(=O)Nc2ccc(C(=O)N(C)C)cc2)nc2ccccc21. The smallest absolute Gasteiger partial charge is 0.253 e. The lowest BCUT2D eigenvalue weighted by Crippen LogP contribution is -2.21.